The van der Waals surface area contributed by atoms with E-state index in [4.69, 9.17) is 0 Å². The fraction of sp³-hybridized carbons (Fsp3) is 0.0455. The monoisotopic (exact) mass is 612 g/mol. The van der Waals surface area contributed by atoms with Gasteiger partial charge in [-0.3, -0.25) is 0 Å². The van der Waals surface area contributed by atoms with E-state index < -0.39 is 0 Å². The Hall–Kier alpha value is -6.62. The number of hydrogen-bond donors (Lipinski definition) is 0. The molecule has 0 amide bonds. The van der Waals surface area contributed by atoms with Crippen LogP contribution >= 0.6 is 0 Å². The molecule has 4 heteroatoms. The van der Waals surface area contributed by atoms with Crippen molar-refractivity contribution in [3.05, 3.63) is 174 Å². The van der Waals surface area contributed by atoms with E-state index in [9.17, 15) is 10.5 Å². The minimum atomic E-state index is 0.0664. The third-order valence-electron chi connectivity index (χ3n) is 9.79. The fourth-order valence-corrected chi connectivity index (χ4v) is 7.66. The molecule has 9 rings (SSSR count). The lowest BCUT2D eigenvalue weighted by Crippen LogP contribution is -2.29. The van der Waals surface area contributed by atoms with Crippen LogP contribution in [0.2, 0.25) is 0 Å². The third-order valence-corrected chi connectivity index (χ3v) is 9.79. The van der Waals surface area contributed by atoms with Crippen LogP contribution in [-0.4, -0.2) is 10.6 Å². The van der Waals surface area contributed by atoms with Gasteiger partial charge in [-0.15, -0.1) is 0 Å². The van der Waals surface area contributed by atoms with Gasteiger partial charge in [-0.25, -0.2) is 0 Å². The quantitative estimate of drug-likeness (QED) is 0.199. The van der Waals surface area contributed by atoms with Crippen LogP contribution in [0, 0.1) is 22.7 Å². The van der Waals surface area contributed by atoms with Gasteiger partial charge in [-0.05, 0) is 70.8 Å². The Bertz CT molecular complexity index is 2520. The van der Waals surface area contributed by atoms with Crippen LogP contribution in [0.25, 0.3) is 49.7 Å². The lowest BCUT2D eigenvalue weighted by molar-refractivity contribution is 0.745. The summed E-state index contributed by atoms with van der Waals surface area (Å²) in [5, 5.41) is 22.6. The molecule has 0 radical (unpaired) electrons. The minimum absolute atomic E-state index is 0.0664. The van der Waals surface area contributed by atoms with Crippen molar-refractivity contribution in [1.29, 1.82) is 10.5 Å². The van der Waals surface area contributed by atoms with Crippen molar-refractivity contribution in [1.82, 2.24) is 4.57 Å². The summed E-state index contributed by atoms with van der Waals surface area (Å²) < 4.78 is 2.34. The summed E-state index contributed by atoms with van der Waals surface area (Å²) in [5.41, 5.74) is 11.6. The molecule has 2 unspecified atom stereocenters. The zero-order valence-corrected chi connectivity index (χ0v) is 26.0. The second kappa shape index (κ2) is 11.0. The molecule has 4 nitrogen and oxygen atoms in total. The number of anilines is 2. The van der Waals surface area contributed by atoms with Crippen LogP contribution in [-0.2, 0) is 0 Å². The number of para-hydroxylation sites is 3. The highest BCUT2D eigenvalue weighted by Crippen LogP contribution is 2.50. The lowest BCUT2D eigenvalue weighted by Gasteiger charge is -2.31. The molecule has 0 bridgehead atoms. The first kappa shape index (κ1) is 27.7. The fourth-order valence-electron chi connectivity index (χ4n) is 7.66. The Labute approximate surface area is 279 Å². The number of rotatable bonds is 4. The molecule has 1 aromatic heterocycles. The van der Waals surface area contributed by atoms with Gasteiger partial charge in [-0.1, -0.05) is 109 Å². The van der Waals surface area contributed by atoms with Gasteiger partial charge in [0.15, 0.2) is 0 Å². The Balaban J connectivity index is 1.20. The largest absolute Gasteiger partial charge is 0.333 e. The van der Waals surface area contributed by atoms with E-state index in [1.807, 2.05) is 12.1 Å². The molecule has 1 aliphatic carbocycles. The highest BCUT2D eigenvalue weighted by Gasteiger charge is 2.38. The van der Waals surface area contributed by atoms with E-state index in [2.05, 4.69) is 167 Å². The predicted octanol–water partition coefficient (Wildman–Crippen LogP) is 10.6. The van der Waals surface area contributed by atoms with Crippen molar-refractivity contribution in [3.63, 3.8) is 0 Å². The van der Waals surface area contributed by atoms with Crippen molar-refractivity contribution in [3.8, 4) is 40.1 Å². The molecule has 48 heavy (non-hydrogen) atoms. The molecule has 0 saturated carbocycles. The Morgan fingerprint density at radius 1 is 0.521 bits per heavy atom. The molecule has 2 atom stereocenters. The van der Waals surface area contributed by atoms with Crippen LogP contribution in [0.3, 0.4) is 0 Å². The predicted molar refractivity (Wildman–Crippen MR) is 194 cm³/mol. The van der Waals surface area contributed by atoms with Gasteiger partial charge >= 0.3 is 0 Å². The minimum Gasteiger partial charge on any atom is -0.333 e. The molecule has 0 saturated heterocycles. The highest BCUT2D eigenvalue weighted by molar-refractivity contribution is 6.09. The normalized spacial score (nSPS) is 16.1. The Kier molecular flexibility index (Phi) is 6.35. The smallest absolute Gasteiger partial charge is 0.101 e. The maximum absolute atomic E-state index is 10.1. The zero-order valence-electron chi connectivity index (χ0n) is 26.0. The maximum atomic E-state index is 10.1. The molecule has 0 N–H and O–H groups in total. The highest BCUT2D eigenvalue weighted by atomic mass is 15.2. The van der Waals surface area contributed by atoms with E-state index in [1.165, 1.54) is 27.4 Å². The summed E-state index contributed by atoms with van der Waals surface area (Å²) in [6.45, 7) is 0. The van der Waals surface area contributed by atoms with E-state index in [0.29, 0.717) is 11.1 Å². The topological polar surface area (TPSA) is 55.8 Å². The summed E-state index contributed by atoms with van der Waals surface area (Å²) in [7, 11) is 0. The Morgan fingerprint density at radius 2 is 1.15 bits per heavy atom. The molecule has 1 aliphatic heterocycles. The van der Waals surface area contributed by atoms with Crippen molar-refractivity contribution >= 4 is 33.2 Å². The summed E-state index contributed by atoms with van der Waals surface area (Å²) >= 11 is 0. The van der Waals surface area contributed by atoms with Crippen LogP contribution in [0.4, 0.5) is 11.4 Å². The second-order valence-corrected chi connectivity index (χ2v) is 12.4. The molecule has 2 heterocycles. The first-order valence-corrected chi connectivity index (χ1v) is 16.1. The van der Waals surface area contributed by atoms with Gasteiger partial charge in [0.25, 0.3) is 0 Å². The lowest BCUT2D eigenvalue weighted by atomic mass is 9.91. The van der Waals surface area contributed by atoms with Gasteiger partial charge in [-0.2, -0.15) is 10.5 Å². The van der Waals surface area contributed by atoms with Gasteiger partial charge < -0.3 is 9.47 Å². The molecule has 0 fully saturated rings. The second-order valence-electron chi connectivity index (χ2n) is 12.4. The van der Waals surface area contributed by atoms with Gasteiger partial charge in [0.1, 0.15) is 12.1 Å². The Morgan fingerprint density at radius 3 is 1.92 bits per heavy atom. The first-order chi connectivity index (χ1) is 23.7. The van der Waals surface area contributed by atoms with E-state index in [0.717, 1.165) is 39.3 Å². The van der Waals surface area contributed by atoms with Crippen molar-refractivity contribution in [2.24, 2.45) is 0 Å². The van der Waals surface area contributed by atoms with Gasteiger partial charge in [0.2, 0.25) is 0 Å². The summed E-state index contributed by atoms with van der Waals surface area (Å²) in [4.78, 5) is 2.34. The van der Waals surface area contributed by atoms with Crippen LogP contribution < -0.4 is 4.90 Å². The molecule has 2 aliphatic rings. The number of nitrogens with zero attached hydrogens (tertiary/aromatic N) is 4. The average Bonchev–Trinajstić information content (AvgIpc) is 3.67. The molecule has 7 aromatic rings. The van der Waals surface area contributed by atoms with Crippen molar-refractivity contribution in [2.75, 3.05) is 4.90 Å². The van der Waals surface area contributed by atoms with E-state index in [-0.39, 0.29) is 12.0 Å². The van der Waals surface area contributed by atoms with Crippen molar-refractivity contribution in [2.45, 2.75) is 12.0 Å². The van der Waals surface area contributed by atoms with Gasteiger partial charge in [0.05, 0.1) is 33.9 Å². The summed E-state index contributed by atoms with van der Waals surface area (Å²) in [5.74, 6) is 0.204. The molecule has 224 valence electrons. The SMILES string of the molecule is N#Cc1cc(-c2cccc(-c3cccc(-n4c5ccccc5c5ccccc54)c3)c2)c(N2c3ccccc3C3C=CC=CC32)cc1C#N. The third kappa shape index (κ3) is 4.21. The van der Waals surface area contributed by atoms with E-state index >= 15 is 0 Å². The molecule has 0 spiro atoms. The van der Waals surface area contributed by atoms with Crippen molar-refractivity contribution < 1.29 is 0 Å². The number of allylic oxidation sites excluding steroid dienone is 2. The summed E-state index contributed by atoms with van der Waals surface area (Å²) in [6.07, 6.45) is 8.69. The first-order valence-electron chi connectivity index (χ1n) is 16.1. The van der Waals surface area contributed by atoms with Crippen LogP contribution in [0.15, 0.2) is 158 Å². The van der Waals surface area contributed by atoms with Crippen LogP contribution in [0.5, 0.6) is 0 Å². The average molecular weight is 613 g/mol. The summed E-state index contributed by atoms with van der Waals surface area (Å²) in [6, 6.07) is 51.2. The molecular weight excluding hydrogens is 585 g/mol. The number of fused-ring (bicyclic) bond motifs is 6. The molecular formula is C44H28N4. The van der Waals surface area contributed by atoms with E-state index in [1.54, 1.807) is 0 Å². The number of aromatic nitrogens is 1. The maximum Gasteiger partial charge on any atom is 0.101 e. The number of hydrogen-bond acceptors (Lipinski definition) is 3. The zero-order chi connectivity index (χ0) is 32.2. The van der Waals surface area contributed by atoms with Crippen LogP contribution in [0.1, 0.15) is 22.6 Å². The molecule has 6 aromatic carbocycles. The number of benzene rings is 6. The standard InChI is InChI=1S/C44H28N4/c45-27-32-25-39(44(26-33(32)28-46)48-42-21-7-3-17-37(42)38-18-4-8-22-43(38)48)31-13-9-11-29(23-31)30-12-10-14-34(24-30)47-40-19-5-1-15-35(40)36-16-2-6-20-41(36)47/h1-26,37,42H. The van der Waals surface area contributed by atoms with Gasteiger partial charge in [0, 0.05) is 33.6 Å². The number of nitriles is 2.